The quantitative estimate of drug-likeness (QED) is 0.251. The molecular formula is C23H27IN4O3. The number of nitrogens with one attached hydrogen (secondary N) is 1. The summed E-state index contributed by atoms with van der Waals surface area (Å²) in [4.78, 5) is 8.67. The Hall–Kier alpha value is -3.01. The van der Waals surface area contributed by atoms with Gasteiger partial charge in [0.2, 0.25) is 5.88 Å². The van der Waals surface area contributed by atoms with Crippen LogP contribution in [0.3, 0.4) is 0 Å². The van der Waals surface area contributed by atoms with Crippen LogP contribution in [-0.2, 0) is 6.54 Å². The van der Waals surface area contributed by atoms with Gasteiger partial charge in [0, 0.05) is 18.3 Å². The van der Waals surface area contributed by atoms with Crippen molar-refractivity contribution in [3.8, 4) is 23.1 Å². The topological polar surface area (TPSA) is 91.0 Å². The molecule has 0 aliphatic rings. The number of aliphatic imine (C=N–C) groups is 1. The molecule has 0 radical (unpaired) electrons. The first kappa shape index (κ1) is 24.3. The summed E-state index contributed by atoms with van der Waals surface area (Å²) in [5.74, 6) is 2.84. The normalized spacial score (nSPS) is 10.8. The van der Waals surface area contributed by atoms with Crippen molar-refractivity contribution in [2.24, 2.45) is 10.7 Å². The molecule has 0 spiro atoms. The molecule has 0 aliphatic carbocycles. The molecule has 1 heterocycles. The summed E-state index contributed by atoms with van der Waals surface area (Å²) in [5.41, 5.74) is 10.0. The van der Waals surface area contributed by atoms with Crippen LogP contribution in [0.25, 0.3) is 0 Å². The van der Waals surface area contributed by atoms with E-state index in [9.17, 15) is 0 Å². The molecule has 8 heteroatoms. The standard InChI is InChI=1S/C23H26N4O3.HI/c1-15-5-6-19(11-16(15)2)30-22-12-17(9-10-25-22)14-26-23(24)27-20-13-18(28-3)7-8-21(20)29-4;/h5-13H,14H2,1-4H3,(H3,24,26,27);1H. The molecule has 0 fully saturated rings. The summed E-state index contributed by atoms with van der Waals surface area (Å²) in [6, 6.07) is 15.1. The van der Waals surface area contributed by atoms with Crippen LogP contribution in [0.4, 0.5) is 5.69 Å². The number of aromatic nitrogens is 1. The number of ether oxygens (including phenoxy) is 3. The SMILES string of the molecule is COc1ccc(OC)c(NC(N)=NCc2ccnc(Oc3ccc(C)c(C)c3)c2)c1.I. The van der Waals surface area contributed by atoms with Gasteiger partial charge in [0.15, 0.2) is 5.96 Å². The number of guanidine groups is 1. The van der Waals surface area contributed by atoms with Crippen molar-refractivity contribution in [2.45, 2.75) is 20.4 Å². The fraction of sp³-hybridized carbons (Fsp3) is 0.217. The number of nitrogens with two attached hydrogens (primary N) is 1. The predicted octanol–water partition coefficient (Wildman–Crippen LogP) is 5.05. The van der Waals surface area contributed by atoms with Gasteiger partial charge in [-0.15, -0.1) is 24.0 Å². The van der Waals surface area contributed by atoms with E-state index in [0.29, 0.717) is 29.6 Å². The number of hydrogen-bond acceptors (Lipinski definition) is 5. The smallest absolute Gasteiger partial charge is 0.219 e. The largest absolute Gasteiger partial charge is 0.497 e. The Morgan fingerprint density at radius 1 is 0.968 bits per heavy atom. The van der Waals surface area contributed by atoms with Gasteiger partial charge >= 0.3 is 0 Å². The average Bonchev–Trinajstić information content (AvgIpc) is 2.75. The van der Waals surface area contributed by atoms with Crippen LogP contribution in [0.1, 0.15) is 16.7 Å². The van der Waals surface area contributed by atoms with Gasteiger partial charge in [0.1, 0.15) is 17.2 Å². The molecule has 0 unspecified atom stereocenters. The van der Waals surface area contributed by atoms with Crippen molar-refractivity contribution in [1.82, 2.24) is 4.98 Å². The van der Waals surface area contributed by atoms with E-state index in [-0.39, 0.29) is 29.9 Å². The fourth-order valence-corrected chi connectivity index (χ4v) is 2.77. The van der Waals surface area contributed by atoms with Gasteiger partial charge in [-0.1, -0.05) is 6.07 Å². The Kier molecular flexibility index (Phi) is 8.92. The van der Waals surface area contributed by atoms with E-state index in [1.54, 1.807) is 32.5 Å². The Bertz CT molecular complexity index is 1060. The molecule has 0 atom stereocenters. The minimum absolute atomic E-state index is 0. The first-order chi connectivity index (χ1) is 14.5. The monoisotopic (exact) mass is 534 g/mol. The summed E-state index contributed by atoms with van der Waals surface area (Å²) < 4.78 is 16.5. The molecule has 2 aromatic carbocycles. The summed E-state index contributed by atoms with van der Waals surface area (Å²) in [7, 11) is 3.19. The zero-order valence-electron chi connectivity index (χ0n) is 18.0. The number of hydrogen-bond donors (Lipinski definition) is 2. The number of nitrogens with zero attached hydrogens (tertiary/aromatic N) is 2. The number of pyridine rings is 1. The molecule has 0 amide bonds. The van der Waals surface area contributed by atoms with E-state index in [2.05, 4.69) is 22.2 Å². The molecule has 31 heavy (non-hydrogen) atoms. The zero-order valence-corrected chi connectivity index (χ0v) is 20.3. The minimum atomic E-state index is 0. The van der Waals surface area contributed by atoms with Crippen LogP contribution >= 0.6 is 24.0 Å². The predicted molar refractivity (Wildman–Crippen MR) is 134 cm³/mol. The molecule has 164 valence electrons. The molecule has 3 N–H and O–H groups in total. The number of methoxy groups -OCH3 is 2. The Labute approximate surface area is 199 Å². The number of halogens is 1. The van der Waals surface area contributed by atoms with Crippen molar-refractivity contribution in [2.75, 3.05) is 19.5 Å². The molecule has 7 nitrogen and oxygen atoms in total. The van der Waals surface area contributed by atoms with Gasteiger partial charge in [0.25, 0.3) is 0 Å². The van der Waals surface area contributed by atoms with E-state index in [0.717, 1.165) is 11.3 Å². The third-order valence-corrected chi connectivity index (χ3v) is 4.60. The van der Waals surface area contributed by atoms with Gasteiger partial charge < -0.3 is 25.3 Å². The first-order valence-corrected chi connectivity index (χ1v) is 9.47. The lowest BCUT2D eigenvalue weighted by atomic mass is 10.1. The average molecular weight is 534 g/mol. The molecule has 0 saturated carbocycles. The van der Waals surface area contributed by atoms with Crippen LogP contribution in [0.15, 0.2) is 59.7 Å². The van der Waals surface area contributed by atoms with Crippen molar-refractivity contribution < 1.29 is 14.2 Å². The third-order valence-electron chi connectivity index (χ3n) is 4.60. The highest BCUT2D eigenvalue weighted by Gasteiger charge is 2.07. The molecule has 0 bridgehead atoms. The minimum Gasteiger partial charge on any atom is -0.497 e. The van der Waals surface area contributed by atoms with Crippen LogP contribution in [0, 0.1) is 13.8 Å². The molecule has 0 aliphatic heterocycles. The van der Waals surface area contributed by atoms with E-state index >= 15 is 0 Å². The van der Waals surface area contributed by atoms with E-state index in [1.165, 1.54) is 11.1 Å². The second kappa shape index (κ2) is 11.4. The van der Waals surface area contributed by atoms with E-state index in [1.807, 2.05) is 43.3 Å². The third kappa shape index (κ3) is 6.74. The Balaban J connectivity index is 0.00000341. The molecule has 0 saturated heterocycles. The number of aryl methyl sites for hydroxylation is 2. The lowest BCUT2D eigenvalue weighted by Crippen LogP contribution is -2.23. The highest BCUT2D eigenvalue weighted by Crippen LogP contribution is 2.28. The summed E-state index contributed by atoms with van der Waals surface area (Å²) >= 11 is 0. The maximum Gasteiger partial charge on any atom is 0.219 e. The lowest BCUT2D eigenvalue weighted by molar-refractivity contribution is 0.405. The van der Waals surface area contributed by atoms with Gasteiger partial charge in [-0.3, -0.25) is 0 Å². The van der Waals surface area contributed by atoms with Crippen molar-refractivity contribution >= 4 is 35.6 Å². The Morgan fingerprint density at radius 3 is 2.45 bits per heavy atom. The Morgan fingerprint density at radius 2 is 1.74 bits per heavy atom. The molecule has 1 aromatic heterocycles. The van der Waals surface area contributed by atoms with E-state index in [4.69, 9.17) is 19.9 Å². The van der Waals surface area contributed by atoms with Crippen LogP contribution in [0.5, 0.6) is 23.1 Å². The highest BCUT2D eigenvalue weighted by molar-refractivity contribution is 14.0. The van der Waals surface area contributed by atoms with Gasteiger partial charge in [-0.25, -0.2) is 9.98 Å². The lowest BCUT2D eigenvalue weighted by Gasteiger charge is -2.12. The van der Waals surface area contributed by atoms with Gasteiger partial charge in [-0.05, 0) is 60.9 Å². The number of benzene rings is 2. The fourth-order valence-electron chi connectivity index (χ4n) is 2.77. The first-order valence-electron chi connectivity index (χ1n) is 9.47. The van der Waals surface area contributed by atoms with Crippen LogP contribution in [0.2, 0.25) is 0 Å². The molecule has 3 rings (SSSR count). The van der Waals surface area contributed by atoms with Crippen molar-refractivity contribution in [3.63, 3.8) is 0 Å². The molecule has 3 aromatic rings. The number of anilines is 1. The summed E-state index contributed by atoms with van der Waals surface area (Å²) in [6.07, 6.45) is 1.69. The summed E-state index contributed by atoms with van der Waals surface area (Å²) in [6.45, 7) is 4.49. The van der Waals surface area contributed by atoms with Gasteiger partial charge in [-0.2, -0.15) is 0 Å². The van der Waals surface area contributed by atoms with Crippen LogP contribution in [-0.4, -0.2) is 25.2 Å². The van der Waals surface area contributed by atoms with Crippen LogP contribution < -0.4 is 25.3 Å². The zero-order chi connectivity index (χ0) is 21.5. The second-order valence-corrected chi connectivity index (χ2v) is 6.74. The second-order valence-electron chi connectivity index (χ2n) is 6.74. The maximum atomic E-state index is 6.06. The highest BCUT2D eigenvalue weighted by atomic mass is 127. The van der Waals surface area contributed by atoms with Crippen molar-refractivity contribution in [3.05, 3.63) is 71.4 Å². The van der Waals surface area contributed by atoms with Crippen molar-refractivity contribution in [1.29, 1.82) is 0 Å². The molecular weight excluding hydrogens is 507 g/mol. The van der Waals surface area contributed by atoms with E-state index < -0.39 is 0 Å². The summed E-state index contributed by atoms with van der Waals surface area (Å²) in [5, 5.41) is 3.05. The maximum absolute atomic E-state index is 6.06. The number of rotatable bonds is 7. The van der Waals surface area contributed by atoms with Gasteiger partial charge in [0.05, 0.1) is 26.5 Å².